The van der Waals surface area contributed by atoms with Gasteiger partial charge in [0.15, 0.2) is 11.2 Å². The van der Waals surface area contributed by atoms with Gasteiger partial charge in [-0.3, -0.25) is 9.78 Å². The Kier molecular flexibility index (Phi) is 2.57. The first-order valence-corrected chi connectivity index (χ1v) is 6.41. The fourth-order valence-corrected chi connectivity index (χ4v) is 2.89. The fourth-order valence-electron chi connectivity index (χ4n) is 2.89. The predicted molar refractivity (Wildman–Crippen MR) is 69.4 cm³/mol. The lowest BCUT2D eigenvalue weighted by Gasteiger charge is -2.24. The summed E-state index contributed by atoms with van der Waals surface area (Å²) in [6.07, 6.45) is 5.99. The zero-order valence-electron chi connectivity index (χ0n) is 10.4. The summed E-state index contributed by atoms with van der Waals surface area (Å²) >= 11 is 0. The molecule has 0 aromatic carbocycles. The molecule has 6 nitrogen and oxygen atoms in total. The summed E-state index contributed by atoms with van der Waals surface area (Å²) in [6, 6.07) is 0.400. The minimum atomic E-state index is -0.254. The molecule has 3 rings (SSSR count). The molecule has 0 saturated heterocycles. The topological polar surface area (TPSA) is 89.6 Å². The van der Waals surface area contributed by atoms with Gasteiger partial charge in [0.2, 0.25) is 5.95 Å². The maximum atomic E-state index is 11.8. The van der Waals surface area contributed by atoms with E-state index >= 15 is 0 Å². The number of nitrogens with one attached hydrogen (secondary N) is 1. The van der Waals surface area contributed by atoms with Gasteiger partial charge in [-0.2, -0.15) is 4.98 Å². The normalized spacial score (nSPS) is 17.4. The van der Waals surface area contributed by atoms with E-state index in [-0.39, 0.29) is 11.5 Å². The molecule has 1 aliphatic rings. The maximum absolute atomic E-state index is 11.8. The van der Waals surface area contributed by atoms with Crippen LogP contribution in [0, 0.1) is 6.92 Å². The number of rotatable bonds is 1. The van der Waals surface area contributed by atoms with Crippen LogP contribution in [0.4, 0.5) is 5.95 Å². The van der Waals surface area contributed by atoms with Crippen molar-refractivity contribution in [3.05, 3.63) is 16.2 Å². The number of aromatic amines is 1. The molecule has 1 aliphatic carbocycles. The number of aromatic nitrogens is 4. The Bertz CT molecular complexity index is 636. The molecule has 0 aliphatic heterocycles. The van der Waals surface area contributed by atoms with Crippen LogP contribution in [0.25, 0.3) is 11.2 Å². The molecule has 1 fully saturated rings. The Morgan fingerprint density at radius 1 is 1.28 bits per heavy atom. The van der Waals surface area contributed by atoms with Crippen molar-refractivity contribution < 1.29 is 0 Å². The number of fused-ring (bicyclic) bond motifs is 1. The van der Waals surface area contributed by atoms with Crippen molar-refractivity contribution in [3.63, 3.8) is 0 Å². The van der Waals surface area contributed by atoms with Gasteiger partial charge in [0, 0.05) is 6.04 Å². The van der Waals surface area contributed by atoms with Gasteiger partial charge in [0.1, 0.15) is 5.82 Å². The molecule has 2 aromatic rings. The molecule has 6 heteroatoms. The number of aryl methyl sites for hydroxylation is 1. The van der Waals surface area contributed by atoms with E-state index < -0.39 is 0 Å². The van der Waals surface area contributed by atoms with Crippen molar-refractivity contribution >= 4 is 17.1 Å². The van der Waals surface area contributed by atoms with E-state index in [9.17, 15) is 4.79 Å². The lowest BCUT2D eigenvalue weighted by Crippen LogP contribution is -2.16. The van der Waals surface area contributed by atoms with Crippen LogP contribution in [0.15, 0.2) is 4.79 Å². The molecule has 96 valence electrons. The molecule has 1 saturated carbocycles. The second kappa shape index (κ2) is 4.12. The number of hydrogen-bond donors (Lipinski definition) is 2. The van der Waals surface area contributed by atoms with Crippen molar-refractivity contribution in [1.82, 2.24) is 19.5 Å². The molecule has 0 bridgehead atoms. The van der Waals surface area contributed by atoms with Crippen molar-refractivity contribution in [2.24, 2.45) is 0 Å². The predicted octanol–water partition coefficient (Wildman–Crippen LogP) is 1.52. The summed E-state index contributed by atoms with van der Waals surface area (Å²) in [5.74, 6) is 1.00. The zero-order valence-corrected chi connectivity index (χ0v) is 10.4. The molecular formula is C12H17N5O. The van der Waals surface area contributed by atoms with Gasteiger partial charge in [-0.1, -0.05) is 19.3 Å². The van der Waals surface area contributed by atoms with E-state index in [4.69, 9.17) is 5.73 Å². The monoisotopic (exact) mass is 247 g/mol. The second-order valence-corrected chi connectivity index (χ2v) is 4.94. The minimum Gasteiger partial charge on any atom is -0.369 e. The molecule has 0 spiro atoms. The van der Waals surface area contributed by atoms with Gasteiger partial charge in [0.05, 0.1) is 0 Å². The van der Waals surface area contributed by atoms with Gasteiger partial charge in [-0.05, 0) is 19.8 Å². The summed E-state index contributed by atoms with van der Waals surface area (Å²) in [5.41, 5.74) is 6.39. The number of nitrogens with zero attached hydrogens (tertiary/aromatic N) is 3. The quantitative estimate of drug-likeness (QED) is 0.799. The van der Waals surface area contributed by atoms with Crippen LogP contribution in [0.3, 0.4) is 0 Å². The highest BCUT2D eigenvalue weighted by atomic mass is 16.1. The van der Waals surface area contributed by atoms with Crippen LogP contribution in [0.1, 0.15) is 44.0 Å². The zero-order chi connectivity index (χ0) is 12.7. The molecule has 0 atom stereocenters. The minimum absolute atomic E-state index is 0.157. The molecule has 2 aromatic heterocycles. The number of anilines is 1. The average Bonchev–Trinajstić information content (AvgIpc) is 2.67. The lowest BCUT2D eigenvalue weighted by molar-refractivity contribution is 0.354. The van der Waals surface area contributed by atoms with Crippen LogP contribution in [0.5, 0.6) is 0 Å². The number of nitrogen functional groups attached to an aromatic ring is 1. The second-order valence-electron chi connectivity index (χ2n) is 4.94. The molecule has 0 unspecified atom stereocenters. The lowest BCUT2D eigenvalue weighted by atomic mass is 9.95. The van der Waals surface area contributed by atoms with E-state index in [1.54, 1.807) is 0 Å². The van der Waals surface area contributed by atoms with Gasteiger partial charge >= 0.3 is 0 Å². The third kappa shape index (κ3) is 1.68. The van der Waals surface area contributed by atoms with Gasteiger partial charge in [0.25, 0.3) is 5.56 Å². The Morgan fingerprint density at radius 3 is 2.72 bits per heavy atom. The maximum Gasteiger partial charge on any atom is 0.280 e. The van der Waals surface area contributed by atoms with Crippen molar-refractivity contribution in [2.45, 2.75) is 45.1 Å². The van der Waals surface area contributed by atoms with E-state index in [1.165, 1.54) is 19.3 Å². The Labute approximate surface area is 104 Å². The first-order valence-electron chi connectivity index (χ1n) is 6.41. The fraction of sp³-hybridized carbons (Fsp3) is 0.583. The Morgan fingerprint density at radius 2 is 2.00 bits per heavy atom. The van der Waals surface area contributed by atoms with Crippen LogP contribution in [-0.2, 0) is 0 Å². The highest BCUT2D eigenvalue weighted by Gasteiger charge is 2.21. The van der Waals surface area contributed by atoms with Gasteiger partial charge in [-0.15, -0.1) is 0 Å². The summed E-state index contributed by atoms with van der Waals surface area (Å²) in [5, 5.41) is 0. The van der Waals surface area contributed by atoms with Crippen molar-refractivity contribution in [1.29, 1.82) is 0 Å². The van der Waals surface area contributed by atoms with Crippen LogP contribution >= 0.6 is 0 Å². The molecule has 18 heavy (non-hydrogen) atoms. The first kappa shape index (κ1) is 11.3. The molecular weight excluding hydrogens is 230 g/mol. The summed E-state index contributed by atoms with van der Waals surface area (Å²) in [7, 11) is 0. The van der Waals surface area contributed by atoms with Crippen LogP contribution < -0.4 is 11.3 Å². The number of imidazole rings is 1. The van der Waals surface area contributed by atoms with E-state index in [0.29, 0.717) is 17.2 Å². The largest absolute Gasteiger partial charge is 0.369 e. The van der Waals surface area contributed by atoms with E-state index in [2.05, 4.69) is 19.5 Å². The van der Waals surface area contributed by atoms with Crippen LogP contribution in [-0.4, -0.2) is 19.5 Å². The number of nitrogens with two attached hydrogens (primary N) is 1. The Hall–Kier alpha value is -1.85. The number of H-pyrrole nitrogens is 1. The van der Waals surface area contributed by atoms with Gasteiger partial charge in [-0.25, -0.2) is 4.98 Å². The smallest absolute Gasteiger partial charge is 0.280 e. The van der Waals surface area contributed by atoms with Crippen molar-refractivity contribution in [3.8, 4) is 0 Å². The number of hydrogen-bond acceptors (Lipinski definition) is 4. The van der Waals surface area contributed by atoms with E-state index in [1.807, 2.05) is 6.92 Å². The third-order valence-corrected chi connectivity index (χ3v) is 3.69. The molecule has 0 amide bonds. The highest BCUT2D eigenvalue weighted by Crippen LogP contribution is 2.31. The first-order chi connectivity index (χ1) is 8.66. The van der Waals surface area contributed by atoms with Crippen LogP contribution in [0.2, 0.25) is 0 Å². The summed E-state index contributed by atoms with van der Waals surface area (Å²) < 4.78 is 2.08. The van der Waals surface area contributed by atoms with E-state index in [0.717, 1.165) is 18.7 Å². The third-order valence-electron chi connectivity index (χ3n) is 3.69. The molecule has 2 heterocycles. The van der Waals surface area contributed by atoms with Crippen molar-refractivity contribution in [2.75, 3.05) is 5.73 Å². The molecule has 3 N–H and O–H groups in total. The summed E-state index contributed by atoms with van der Waals surface area (Å²) in [4.78, 5) is 22.9. The SMILES string of the molecule is Cc1nc2c(=O)[nH]c(N)nc2n1C1CCCCC1. The summed E-state index contributed by atoms with van der Waals surface area (Å²) in [6.45, 7) is 1.92. The standard InChI is InChI=1S/C12H17N5O/c1-7-14-9-10(15-12(13)16-11(9)18)17(7)8-5-3-2-4-6-8/h8H,2-6H2,1H3,(H3,13,15,16,18). The average molecular weight is 247 g/mol. The van der Waals surface area contributed by atoms with Gasteiger partial charge < -0.3 is 10.3 Å². The highest BCUT2D eigenvalue weighted by molar-refractivity contribution is 5.71. The Balaban J connectivity index is 2.21. The molecule has 0 radical (unpaired) electrons.